The number of phosphoric ester groups is 1. The van der Waals surface area contributed by atoms with Crippen molar-refractivity contribution in [1.29, 1.82) is 0 Å². The fourth-order valence-electron chi connectivity index (χ4n) is 2.69. The Morgan fingerprint density at radius 1 is 1.23 bits per heavy atom. The van der Waals surface area contributed by atoms with Gasteiger partial charge in [-0.15, -0.1) is 0 Å². The number of fused-ring (bicyclic) bond motifs is 1. The molecule has 0 aliphatic carbocycles. The van der Waals surface area contributed by atoms with E-state index in [4.69, 9.17) is 25.2 Å². The van der Waals surface area contributed by atoms with Gasteiger partial charge in [-0.05, 0) is 6.42 Å². The van der Waals surface area contributed by atoms with Crippen LogP contribution in [0.15, 0.2) is 11.1 Å². The number of rotatable bonds is 8. The minimum Gasteiger partial charge on any atom is -0.374 e. The molecule has 1 fully saturated rings. The number of nitrogens with zero attached hydrogens (tertiary/aromatic N) is 3. The van der Waals surface area contributed by atoms with Crippen LogP contribution in [-0.4, -0.2) is 58.4 Å². The molecule has 2 aromatic rings. The van der Waals surface area contributed by atoms with E-state index in [-0.39, 0.29) is 30.1 Å². The second kappa shape index (κ2) is 8.22. The van der Waals surface area contributed by atoms with Gasteiger partial charge in [0.25, 0.3) is 5.56 Å². The van der Waals surface area contributed by atoms with Crippen molar-refractivity contribution in [3.63, 3.8) is 0 Å². The Balaban J connectivity index is 1.62. The van der Waals surface area contributed by atoms with Crippen LogP contribution in [0.1, 0.15) is 12.5 Å². The van der Waals surface area contributed by atoms with Gasteiger partial charge in [-0.25, -0.2) is 18.7 Å². The van der Waals surface area contributed by atoms with E-state index >= 15 is 0 Å². The number of hydrogen-bond acceptors (Lipinski definition) is 11. The van der Waals surface area contributed by atoms with Gasteiger partial charge in [0.05, 0.1) is 31.7 Å². The van der Waals surface area contributed by atoms with Crippen molar-refractivity contribution in [2.75, 3.05) is 18.9 Å². The molecule has 17 nitrogen and oxygen atoms in total. The summed E-state index contributed by atoms with van der Waals surface area (Å²) in [5, 5.41) is 0. The van der Waals surface area contributed by atoms with Crippen LogP contribution in [0.2, 0.25) is 0 Å². The quantitative estimate of drug-likeness (QED) is 0.251. The standard InChI is InChI=1S/C10H16N5O12P3/c11-10-13-8-7(9(16)14-10)12-4-15(8)5-1-6(24-2-5)3-25-29(20,21)27-30(22,23)26-28(17,18)19/h4-6H,1-3H2,(H,20,21)(H,22,23)(H2,17,18,19)(H3,11,13,14,16)/t5?,6-/m0/s1. The summed E-state index contributed by atoms with van der Waals surface area (Å²) in [6, 6.07) is -0.391. The Kier molecular flexibility index (Phi) is 6.35. The van der Waals surface area contributed by atoms with Crippen molar-refractivity contribution in [3.05, 3.63) is 16.7 Å². The van der Waals surface area contributed by atoms with E-state index in [9.17, 15) is 23.4 Å². The number of nitrogens with two attached hydrogens (primary N) is 1. The van der Waals surface area contributed by atoms with E-state index in [1.165, 1.54) is 10.9 Å². The summed E-state index contributed by atoms with van der Waals surface area (Å²) in [6.07, 6.45) is 0.775. The first-order valence-corrected chi connectivity index (χ1v) is 12.4. The number of nitrogens with one attached hydrogen (secondary N) is 1. The average Bonchev–Trinajstić information content (AvgIpc) is 3.15. The highest BCUT2D eigenvalue weighted by Crippen LogP contribution is 2.66. The lowest BCUT2D eigenvalue weighted by molar-refractivity contribution is 0.0529. The zero-order chi connectivity index (χ0) is 22.3. The molecular formula is C10H16N5O12P3. The summed E-state index contributed by atoms with van der Waals surface area (Å²) in [5.74, 6) is -0.114. The van der Waals surface area contributed by atoms with Crippen molar-refractivity contribution in [2.24, 2.45) is 0 Å². The van der Waals surface area contributed by atoms with Crippen LogP contribution < -0.4 is 11.3 Å². The maximum atomic E-state index is 11.8. The molecule has 4 atom stereocenters. The van der Waals surface area contributed by atoms with Gasteiger partial charge in [-0.2, -0.15) is 13.6 Å². The predicted octanol–water partition coefficient (Wildman–Crippen LogP) is -0.625. The van der Waals surface area contributed by atoms with Gasteiger partial charge in [0, 0.05) is 0 Å². The molecule has 7 N–H and O–H groups in total. The fraction of sp³-hybridized carbons (Fsp3) is 0.500. The van der Waals surface area contributed by atoms with Crippen molar-refractivity contribution in [3.8, 4) is 0 Å². The third-order valence-electron chi connectivity index (χ3n) is 3.74. The maximum Gasteiger partial charge on any atom is 0.490 e. The van der Waals surface area contributed by atoms with Gasteiger partial charge in [-0.3, -0.25) is 14.3 Å². The fourth-order valence-corrected chi connectivity index (χ4v) is 5.74. The molecule has 20 heteroatoms. The van der Waals surface area contributed by atoms with Crippen molar-refractivity contribution in [2.45, 2.75) is 18.6 Å². The Hall–Kier alpha value is -1.48. The third kappa shape index (κ3) is 5.81. The van der Waals surface area contributed by atoms with Gasteiger partial charge in [0.2, 0.25) is 5.95 Å². The van der Waals surface area contributed by atoms with Gasteiger partial charge in [-0.1, -0.05) is 0 Å². The van der Waals surface area contributed by atoms with E-state index in [1.54, 1.807) is 0 Å². The van der Waals surface area contributed by atoms with Crippen LogP contribution in [0.4, 0.5) is 5.95 Å². The summed E-state index contributed by atoms with van der Waals surface area (Å²) < 4.78 is 52.4. The number of hydrogen-bond donors (Lipinski definition) is 6. The first kappa shape index (κ1) is 23.2. The summed E-state index contributed by atoms with van der Waals surface area (Å²) in [5.41, 5.74) is 5.26. The molecular weight excluding hydrogens is 475 g/mol. The second-order valence-corrected chi connectivity index (χ2v) is 10.4. The highest BCUT2D eigenvalue weighted by Gasteiger charge is 2.41. The molecule has 1 saturated heterocycles. The van der Waals surface area contributed by atoms with Crippen molar-refractivity contribution >= 4 is 40.6 Å². The minimum atomic E-state index is -5.59. The van der Waals surface area contributed by atoms with E-state index in [0.717, 1.165) is 0 Å². The second-order valence-electron chi connectivity index (χ2n) is 6.01. The minimum absolute atomic E-state index is 0.0564. The Morgan fingerprint density at radius 2 is 1.93 bits per heavy atom. The monoisotopic (exact) mass is 491 g/mol. The van der Waals surface area contributed by atoms with Crippen LogP contribution in [0.3, 0.4) is 0 Å². The molecule has 0 saturated carbocycles. The first-order chi connectivity index (χ1) is 13.7. The van der Waals surface area contributed by atoms with Crippen LogP contribution in [-0.2, 0) is 31.6 Å². The lowest BCUT2D eigenvalue weighted by Crippen LogP contribution is -2.15. The molecule has 2 aromatic heterocycles. The molecule has 3 heterocycles. The van der Waals surface area contributed by atoms with E-state index in [1.807, 2.05) is 0 Å². The van der Waals surface area contributed by atoms with Crippen LogP contribution in [0.5, 0.6) is 0 Å². The number of H-pyrrole nitrogens is 1. The SMILES string of the molecule is Nc1nc2c(ncn2C2CO[C@H](COP(=O)(O)OP(=O)(O)OP(=O)(O)O)C2)c(=O)[nH]1. The maximum absolute atomic E-state index is 11.8. The highest BCUT2D eigenvalue weighted by molar-refractivity contribution is 7.66. The van der Waals surface area contributed by atoms with Gasteiger partial charge in [0.15, 0.2) is 11.2 Å². The molecule has 0 aromatic carbocycles. The van der Waals surface area contributed by atoms with E-state index in [2.05, 4.69) is 28.1 Å². The largest absolute Gasteiger partial charge is 0.490 e. The number of aromatic nitrogens is 4. The molecule has 0 bridgehead atoms. The van der Waals surface area contributed by atoms with Crippen LogP contribution >= 0.6 is 23.5 Å². The zero-order valence-corrected chi connectivity index (χ0v) is 17.4. The van der Waals surface area contributed by atoms with Crippen LogP contribution in [0.25, 0.3) is 11.2 Å². The summed E-state index contributed by atoms with van der Waals surface area (Å²) in [7, 11) is -16.3. The Bertz CT molecular complexity index is 1140. The molecule has 3 unspecified atom stereocenters. The summed E-state index contributed by atoms with van der Waals surface area (Å²) in [4.78, 5) is 57.7. The Morgan fingerprint density at radius 3 is 2.60 bits per heavy atom. The van der Waals surface area contributed by atoms with Crippen molar-refractivity contribution < 1.29 is 51.2 Å². The van der Waals surface area contributed by atoms with E-state index < -0.39 is 47.8 Å². The third-order valence-corrected chi connectivity index (χ3v) is 7.55. The molecule has 168 valence electrons. The van der Waals surface area contributed by atoms with Gasteiger partial charge >= 0.3 is 23.5 Å². The number of aromatic amines is 1. The number of phosphoric acid groups is 3. The highest BCUT2D eigenvalue weighted by atomic mass is 31.3. The molecule has 0 amide bonds. The average molecular weight is 491 g/mol. The van der Waals surface area contributed by atoms with Gasteiger partial charge < -0.3 is 34.6 Å². The molecule has 1 aliphatic heterocycles. The summed E-state index contributed by atoms with van der Waals surface area (Å²) in [6.45, 7) is -0.493. The van der Waals surface area contributed by atoms with E-state index in [0.29, 0.717) is 0 Å². The van der Waals surface area contributed by atoms with Crippen molar-refractivity contribution in [1.82, 2.24) is 19.5 Å². The van der Waals surface area contributed by atoms with Crippen LogP contribution in [0, 0.1) is 0 Å². The number of anilines is 1. The number of imidazole rings is 1. The number of ether oxygens (including phenoxy) is 1. The lowest BCUT2D eigenvalue weighted by Gasteiger charge is -2.17. The molecule has 3 rings (SSSR count). The summed E-state index contributed by atoms with van der Waals surface area (Å²) >= 11 is 0. The molecule has 30 heavy (non-hydrogen) atoms. The Labute approximate surface area is 166 Å². The zero-order valence-electron chi connectivity index (χ0n) is 14.7. The molecule has 0 spiro atoms. The van der Waals surface area contributed by atoms with Gasteiger partial charge in [0.1, 0.15) is 0 Å². The molecule has 0 radical (unpaired) electrons. The predicted molar refractivity (Wildman–Crippen MR) is 95.8 cm³/mol. The normalized spacial score (nSPS) is 24.0. The topological polar surface area (TPSA) is 259 Å². The number of nitrogen functional groups attached to an aromatic ring is 1. The lowest BCUT2D eigenvalue weighted by atomic mass is 10.2. The molecule has 1 aliphatic rings. The first-order valence-electron chi connectivity index (χ1n) is 7.87. The smallest absolute Gasteiger partial charge is 0.374 e.